The fourth-order valence-corrected chi connectivity index (χ4v) is 4.88. The standard InChI is InChI=1S/C32H32N2O2/c1-36-32-16-15-26(21-30(32)27-11-6-3-7-12-27)22-31(35)28-13-8-14-29(23-28)34-19-17-33(18-20-34)24-25-9-4-2-5-10-25/h2-16,21,23H,17-20,22,24H2,1H3. The van der Waals surface area contributed by atoms with E-state index in [4.69, 9.17) is 4.74 Å². The van der Waals surface area contributed by atoms with E-state index in [1.165, 1.54) is 5.56 Å². The lowest BCUT2D eigenvalue weighted by atomic mass is 9.97. The van der Waals surface area contributed by atoms with E-state index in [1.54, 1.807) is 7.11 Å². The third-order valence-electron chi connectivity index (χ3n) is 6.87. The Morgan fingerprint density at radius 3 is 2.19 bits per heavy atom. The van der Waals surface area contributed by atoms with Gasteiger partial charge < -0.3 is 9.64 Å². The second-order valence-electron chi connectivity index (χ2n) is 9.30. The minimum atomic E-state index is 0.128. The summed E-state index contributed by atoms with van der Waals surface area (Å²) in [5.41, 5.74) is 6.31. The Bertz CT molecular complexity index is 1300. The molecule has 36 heavy (non-hydrogen) atoms. The van der Waals surface area contributed by atoms with Gasteiger partial charge in [0.15, 0.2) is 5.78 Å². The first kappa shape index (κ1) is 23.8. The molecule has 1 saturated heterocycles. The van der Waals surface area contributed by atoms with E-state index >= 15 is 0 Å². The molecule has 4 aromatic carbocycles. The van der Waals surface area contributed by atoms with Crippen LogP contribution in [0.2, 0.25) is 0 Å². The molecule has 1 heterocycles. The molecule has 0 amide bonds. The van der Waals surface area contributed by atoms with Crippen LogP contribution in [0.25, 0.3) is 11.1 Å². The SMILES string of the molecule is COc1ccc(CC(=O)c2cccc(N3CCN(Cc4ccccc4)CC3)c2)cc1-c1ccccc1. The van der Waals surface area contributed by atoms with E-state index < -0.39 is 0 Å². The zero-order valence-corrected chi connectivity index (χ0v) is 20.8. The van der Waals surface area contributed by atoms with E-state index in [1.807, 2.05) is 42.5 Å². The van der Waals surface area contributed by atoms with Crippen molar-refractivity contribution in [1.82, 2.24) is 4.90 Å². The Hall–Kier alpha value is -3.89. The van der Waals surface area contributed by atoms with Crippen molar-refractivity contribution in [2.45, 2.75) is 13.0 Å². The third kappa shape index (κ3) is 5.67. The molecule has 0 atom stereocenters. The van der Waals surface area contributed by atoms with Crippen molar-refractivity contribution in [3.8, 4) is 16.9 Å². The maximum absolute atomic E-state index is 13.2. The van der Waals surface area contributed by atoms with Gasteiger partial charge >= 0.3 is 0 Å². The number of ketones is 1. The normalized spacial score (nSPS) is 14.0. The van der Waals surface area contributed by atoms with Gasteiger partial charge in [0.25, 0.3) is 0 Å². The molecule has 182 valence electrons. The van der Waals surface area contributed by atoms with Gasteiger partial charge in [-0.25, -0.2) is 0 Å². The summed E-state index contributed by atoms with van der Waals surface area (Å²) in [7, 11) is 1.68. The number of ether oxygens (including phenoxy) is 1. The van der Waals surface area contributed by atoms with Crippen LogP contribution in [0.1, 0.15) is 21.5 Å². The monoisotopic (exact) mass is 476 g/mol. The van der Waals surface area contributed by atoms with Crippen LogP contribution < -0.4 is 9.64 Å². The number of hydrogen-bond acceptors (Lipinski definition) is 4. The molecule has 4 nitrogen and oxygen atoms in total. The summed E-state index contributed by atoms with van der Waals surface area (Å²) in [6.07, 6.45) is 0.359. The van der Waals surface area contributed by atoms with Crippen LogP contribution in [0, 0.1) is 0 Å². The molecule has 0 saturated carbocycles. The summed E-state index contributed by atoms with van der Waals surface area (Å²) < 4.78 is 5.57. The maximum Gasteiger partial charge on any atom is 0.167 e. The predicted molar refractivity (Wildman–Crippen MR) is 147 cm³/mol. The smallest absolute Gasteiger partial charge is 0.167 e. The third-order valence-corrected chi connectivity index (χ3v) is 6.87. The Labute approximate surface area is 213 Å². The molecule has 0 N–H and O–H groups in total. The summed E-state index contributed by atoms with van der Waals surface area (Å²) in [4.78, 5) is 18.1. The van der Waals surface area contributed by atoms with E-state index in [0.717, 1.165) is 66.4 Å². The van der Waals surface area contributed by atoms with Gasteiger partial charge in [0, 0.05) is 56.0 Å². The Morgan fingerprint density at radius 1 is 0.750 bits per heavy atom. The minimum Gasteiger partial charge on any atom is -0.496 e. The molecule has 4 aromatic rings. The van der Waals surface area contributed by atoms with Gasteiger partial charge in [0.2, 0.25) is 0 Å². The molecule has 0 aliphatic carbocycles. The lowest BCUT2D eigenvalue weighted by Gasteiger charge is -2.36. The Kier molecular flexibility index (Phi) is 7.44. The van der Waals surface area contributed by atoms with Crippen molar-refractivity contribution in [3.63, 3.8) is 0 Å². The molecular formula is C32H32N2O2. The van der Waals surface area contributed by atoms with Gasteiger partial charge in [-0.15, -0.1) is 0 Å². The van der Waals surface area contributed by atoms with Crippen LogP contribution in [0.15, 0.2) is 103 Å². The van der Waals surface area contributed by atoms with Crippen LogP contribution in [-0.2, 0) is 13.0 Å². The van der Waals surface area contributed by atoms with E-state index in [2.05, 4.69) is 70.5 Å². The van der Waals surface area contributed by atoms with Crippen molar-refractivity contribution >= 4 is 11.5 Å². The number of carbonyl (C=O) groups excluding carboxylic acids is 1. The number of nitrogens with zero attached hydrogens (tertiary/aromatic N) is 2. The van der Waals surface area contributed by atoms with Gasteiger partial charge in [0.05, 0.1) is 7.11 Å². The zero-order chi connectivity index (χ0) is 24.7. The number of anilines is 1. The first-order valence-corrected chi connectivity index (χ1v) is 12.6. The molecule has 4 heteroatoms. The second-order valence-corrected chi connectivity index (χ2v) is 9.30. The molecule has 1 aliphatic rings. The van der Waals surface area contributed by atoms with Crippen molar-refractivity contribution in [1.29, 1.82) is 0 Å². The first-order valence-electron chi connectivity index (χ1n) is 12.6. The lowest BCUT2D eigenvalue weighted by molar-refractivity contribution is 0.0993. The van der Waals surface area contributed by atoms with E-state index in [9.17, 15) is 4.79 Å². The fraction of sp³-hybridized carbons (Fsp3) is 0.219. The van der Waals surface area contributed by atoms with Crippen molar-refractivity contribution in [3.05, 3.63) is 120 Å². The highest BCUT2D eigenvalue weighted by molar-refractivity contribution is 5.98. The summed E-state index contributed by atoms with van der Waals surface area (Å²) in [5.74, 6) is 0.939. The number of rotatable bonds is 8. The molecular weight excluding hydrogens is 444 g/mol. The highest BCUT2D eigenvalue weighted by Gasteiger charge is 2.19. The highest BCUT2D eigenvalue weighted by atomic mass is 16.5. The second kappa shape index (κ2) is 11.2. The van der Waals surface area contributed by atoms with Gasteiger partial charge in [-0.2, -0.15) is 0 Å². The van der Waals surface area contributed by atoms with Gasteiger partial charge in [-0.05, 0) is 41.0 Å². The molecule has 1 aliphatic heterocycles. The summed E-state index contributed by atoms with van der Waals surface area (Å²) in [5, 5.41) is 0. The molecule has 0 aromatic heterocycles. The number of methoxy groups -OCH3 is 1. The predicted octanol–water partition coefficient (Wildman–Crippen LogP) is 6.11. The molecule has 0 unspecified atom stereocenters. The number of piperazine rings is 1. The quantitative estimate of drug-likeness (QED) is 0.287. The number of benzene rings is 4. The molecule has 1 fully saturated rings. The topological polar surface area (TPSA) is 32.8 Å². The average Bonchev–Trinajstić information content (AvgIpc) is 2.94. The molecule has 5 rings (SSSR count). The average molecular weight is 477 g/mol. The first-order chi connectivity index (χ1) is 17.7. The lowest BCUT2D eigenvalue weighted by Crippen LogP contribution is -2.46. The van der Waals surface area contributed by atoms with Crippen molar-refractivity contribution in [2.24, 2.45) is 0 Å². The molecule has 0 bridgehead atoms. The largest absolute Gasteiger partial charge is 0.496 e. The molecule has 0 spiro atoms. The summed E-state index contributed by atoms with van der Waals surface area (Å²) in [6.45, 7) is 4.94. The van der Waals surface area contributed by atoms with E-state index in [0.29, 0.717) is 6.42 Å². The van der Waals surface area contributed by atoms with Crippen molar-refractivity contribution in [2.75, 3.05) is 38.2 Å². The van der Waals surface area contributed by atoms with Crippen LogP contribution in [0.3, 0.4) is 0 Å². The minimum absolute atomic E-state index is 0.128. The van der Waals surface area contributed by atoms with Crippen molar-refractivity contribution < 1.29 is 9.53 Å². The zero-order valence-electron chi connectivity index (χ0n) is 20.8. The Morgan fingerprint density at radius 2 is 1.47 bits per heavy atom. The highest BCUT2D eigenvalue weighted by Crippen LogP contribution is 2.31. The van der Waals surface area contributed by atoms with E-state index in [-0.39, 0.29) is 5.78 Å². The van der Waals surface area contributed by atoms with Gasteiger partial charge in [-0.1, -0.05) is 78.9 Å². The molecule has 0 radical (unpaired) electrons. The van der Waals surface area contributed by atoms with Crippen LogP contribution in [-0.4, -0.2) is 44.0 Å². The van der Waals surface area contributed by atoms with Crippen LogP contribution in [0.4, 0.5) is 5.69 Å². The maximum atomic E-state index is 13.2. The Balaban J connectivity index is 1.25. The van der Waals surface area contributed by atoms with Gasteiger partial charge in [0.1, 0.15) is 5.75 Å². The number of carbonyl (C=O) groups is 1. The summed E-state index contributed by atoms with van der Waals surface area (Å²) in [6, 6.07) is 34.9. The van der Waals surface area contributed by atoms with Crippen LogP contribution >= 0.6 is 0 Å². The number of Topliss-reactive ketones (excluding diaryl/α,β-unsaturated/α-hetero) is 1. The van der Waals surface area contributed by atoms with Crippen LogP contribution in [0.5, 0.6) is 5.75 Å². The van der Waals surface area contributed by atoms with Gasteiger partial charge in [-0.3, -0.25) is 9.69 Å². The summed E-state index contributed by atoms with van der Waals surface area (Å²) >= 11 is 0. The fourth-order valence-electron chi connectivity index (χ4n) is 4.88. The number of hydrogen-bond donors (Lipinski definition) is 0.